The van der Waals surface area contributed by atoms with Gasteiger partial charge in [-0.1, -0.05) is 35.9 Å². The maximum absolute atomic E-state index is 10.8. The second kappa shape index (κ2) is 9.49. The van der Waals surface area contributed by atoms with Crippen LogP contribution in [0.25, 0.3) is 20.3 Å². The molecule has 0 fully saturated rings. The highest BCUT2D eigenvalue weighted by atomic mass is 35.5. The van der Waals surface area contributed by atoms with Crippen molar-refractivity contribution in [1.82, 2.24) is 9.97 Å². The largest absolute Gasteiger partial charge is 0.495 e. The van der Waals surface area contributed by atoms with Gasteiger partial charge in [-0.05, 0) is 36.6 Å². The highest BCUT2D eigenvalue weighted by Crippen LogP contribution is 2.36. The highest BCUT2D eigenvalue weighted by Gasteiger charge is 2.14. The molecule has 0 atom stereocenters. The van der Waals surface area contributed by atoms with E-state index in [2.05, 4.69) is 17.4 Å². The first-order chi connectivity index (χ1) is 15.0. The van der Waals surface area contributed by atoms with E-state index in [9.17, 15) is 4.79 Å². The van der Waals surface area contributed by atoms with Crippen LogP contribution in [-0.2, 0) is 17.8 Å². The molecule has 0 bridgehead atoms. The van der Waals surface area contributed by atoms with Gasteiger partial charge in [0.15, 0.2) is 0 Å². The van der Waals surface area contributed by atoms with Crippen molar-refractivity contribution in [3.63, 3.8) is 0 Å². The van der Waals surface area contributed by atoms with Crippen molar-refractivity contribution in [2.24, 2.45) is 0 Å². The Morgan fingerprint density at radius 3 is 2.81 bits per heavy atom. The molecule has 2 heterocycles. The zero-order valence-electron chi connectivity index (χ0n) is 17.0. The van der Waals surface area contributed by atoms with Gasteiger partial charge in [-0.15, -0.1) is 11.3 Å². The topological polar surface area (TPSA) is 84.3 Å². The van der Waals surface area contributed by atoms with Crippen LogP contribution in [0.1, 0.15) is 30.7 Å². The molecule has 31 heavy (non-hydrogen) atoms. The molecule has 2 aromatic heterocycles. The van der Waals surface area contributed by atoms with E-state index >= 15 is 0 Å². The number of halogens is 1. The van der Waals surface area contributed by atoms with Gasteiger partial charge in [0.1, 0.15) is 22.2 Å². The number of nitrogens with one attached hydrogen (secondary N) is 1. The van der Waals surface area contributed by atoms with Gasteiger partial charge in [0.25, 0.3) is 0 Å². The van der Waals surface area contributed by atoms with Crippen LogP contribution >= 0.6 is 22.9 Å². The Kier molecular flexibility index (Phi) is 6.53. The molecule has 6 nitrogen and oxygen atoms in total. The Morgan fingerprint density at radius 1 is 1.19 bits per heavy atom. The van der Waals surface area contributed by atoms with Crippen molar-refractivity contribution >= 4 is 55.0 Å². The highest BCUT2D eigenvalue weighted by molar-refractivity contribution is 7.25. The van der Waals surface area contributed by atoms with Crippen molar-refractivity contribution in [3.05, 3.63) is 58.9 Å². The number of hydrogen-bond donors (Lipinski definition) is 2. The monoisotopic (exact) mass is 455 g/mol. The Balaban J connectivity index is 1.64. The number of carbonyl (C=O) groups is 1. The molecule has 8 heteroatoms. The number of hydrogen-bond acceptors (Lipinski definition) is 6. The smallest absolute Gasteiger partial charge is 0.303 e. The number of aliphatic carboxylic acids is 1. The third-order valence-corrected chi connectivity index (χ3v) is 6.36. The van der Waals surface area contributed by atoms with Gasteiger partial charge in [0.2, 0.25) is 0 Å². The van der Waals surface area contributed by atoms with Gasteiger partial charge in [-0.25, -0.2) is 9.97 Å². The summed E-state index contributed by atoms with van der Waals surface area (Å²) in [5.41, 5.74) is 1.01. The van der Waals surface area contributed by atoms with Gasteiger partial charge >= 0.3 is 5.97 Å². The number of fused-ring (bicyclic) bond motifs is 3. The summed E-state index contributed by atoms with van der Waals surface area (Å²) in [6.07, 6.45) is 2.14. The summed E-state index contributed by atoms with van der Waals surface area (Å²) in [5.74, 6) is 1.37. The second-order valence-electron chi connectivity index (χ2n) is 7.19. The SMILES string of the molecule is COc1ccc(CNc2nc(CCCCC(=O)O)nc3sc4ccccc4c23)cc1Cl. The van der Waals surface area contributed by atoms with Crippen molar-refractivity contribution in [2.45, 2.75) is 32.2 Å². The van der Waals surface area contributed by atoms with E-state index in [0.717, 1.165) is 43.9 Å². The van der Waals surface area contributed by atoms with E-state index in [4.69, 9.17) is 31.4 Å². The number of benzene rings is 2. The number of carboxylic acid groups (broad SMARTS) is 1. The quantitative estimate of drug-likeness (QED) is 0.305. The van der Waals surface area contributed by atoms with E-state index in [1.807, 2.05) is 30.3 Å². The van der Waals surface area contributed by atoms with E-state index < -0.39 is 5.97 Å². The zero-order chi connectivity index (χ0) is 21.8. The lowest BCUT2D eigenvalue weighted by Gasteiger charge is -2.11. The maximum atomic E-state index is 10.8. The summed E-state index contributed by atoms with van der Waals surface area (Å²) in [6.45, 7) is 0.554. The molecule has 0 saturated heterocycles. The van der Waals surface area contributed by atoms with Crippen LogP contribution in [0.15, 0.2) is 42.5 Å². The first kappa shape index (κ1) is 21.3. The number of aryl methyl sites for hydroxylation is 1. The third kappa shape index (κ3) is 4.89. The Bertz CT molecular complexity index is 1240. The van der Waals surface area contributed by atoms with Crippen molar-refractivity contribution < 1.29 is 14.6 Å². The van der Waals surface area contributed by atoms with Gasteiger partial charge in [-0.3, -0.25) is 4.79 Å². The van der Waals surface area contributed by atoms with Crippen molar-refractivity contribution in [2.75, 3.05) is 12.4 Å². The molecule has 0 saturated carbocycles. The summed E-state index contributed by atoms with van der Waals surface area (Å²) in [5, 5.41) is 15.0. The maximum Gasteiger partial charge on any atom is 0.303 e. The van der Waals surface area contributed by atoms with Gasteiger partial charge in [0.05, 0.1) is 17.5 Å². The Morgan fingerprint density at radius 2 is 2.03 bits per heavy atom. The van der Waals surface area contributed by atoms with Crippen molar-refractivity contribution in [3.8, 4) is 5.75 Å². The minimum absolute atomic E-state index is 0.161. The molecule has 160 valence electrons. The summed E-state index contributed by atoms with van der Waals surface area (Å²) in [4.78, 5) is 21.3. The minimum atomic E-state index is -0.776. The number of nitrogens with zero attached hydrogens (tertiary/aromatic N) is 2. The first-order valence-corrected chi connectivity index (χ1v) is 11.2. The number of ether oxygens (including phenoxy) is 1. The standard InChI is InChI=1S/C23H22ClN3O3S/c1-30-17-11-10-14(12-16(17)24)13-25-22-21-15-6-2-3-7-18(15)31-23(21)27-19(26-22)8-4-5-9-20(28)29/h2-3,6-7,10-12H,4-5,8-9,13H2,1H3,(H,28,29)(H,25,26,27). The molecule has 0 aliphatic carbocycles. The molecule has 2 N–H and O–H groups in total. The van der Waals surface area contributed by atoms with Gasteiger partial charge < -0.3 is 15.2 Å². The molecule has 0 aliphatic rings. The fraction of sp³-hybridized carbons (Fsp3) is 0.261. The molecule has 0 aliphatic heterocycles. The molecule has 4 rings (SSSR count). The molecule has 0 amide bonds. The molecular formula is C23H22ClN3O3S. The van der Waals surface area contributed by atoms with Crippen LogP contribution in [0.2, 0.25) is 5.02 Å². The number of thiophene rings is 1. The molecule has 2 aromatic carbocycles. The number of methoxy groups -OCH3 is 1. The van der Waals surface area contributed by atoms with Crippen LogP contribution in [0.5, 0.6) is 5.75 Å². The number of unbranched alkanes of at least 4 members (excludes halogenated alkanes) is 1. The number of anilines is 1. The predicted octanol–water partition coefficient (Wildman–Crippen LogP) is 5.92. The van der Waals surface area contributed by atoms with E-state index in [1.165, 1.54) is 0 Å². The van der Waals surface area contributed by atoms with Crippen LogP contribution in [0.4, 0.5) is 5.82 Å². The number of carboxylic acids is 1. The molecule has 0 radical (unpaired) electrons. The lowest BCUT2D eigenvalue weighted by Crippen LogP contribution is -2.06. The predicted molar refractivity (Wildman–Crippen MR) is 125 cm³/mol. The average Bonchev–Trinajstić information content (AvgIpc) is 3.13. The van der Waals surface area contributed by atoms with E-state index in [-0.39, 0.29) is 6.42 Å². The summed E-state index contributed by atoms with van der Waals surface area (Å²) < 4.78 is 6.38. The van der Waals surface area contributed by atoms with Crippen LogP contribution in [0.3, 0.4) is 0 Å². The Labute approximate surface area is 188 Å². The lowest BCUT2D eigenvalue weighted by molar-refractivity contribution is -0.137. The summed E-state index contributed by atoms with van der Waals surface area (Å²) in [7, 11) is 1.59. The van der Waals surface area contributed by atoms with E-state index in [0.29, 0.717) is 30.2 Å². The van der Waals surface area contributed by atoms with Crippen LogP contribution in [-0.4, -0.2) is 28.2 Å². The van der Waals surface area contributed by atoms with Gasteiger partial charge in [-0.2, -0.15) is 0 Å². The molecule has 0 spiro atoms. The third-order valence-electron chi connectivity index (χ3n) is 5.00. The van der Waals surface area contributed by atoms with Gasteiger partial charge in [0, 0.05) is 29.5 Å². The normalized spacial score (nSPS) is 11.2. The first-order valence-electron chi connectivity index (χ1n) is 10.0. The number of rotatable bonds is 9. The molecule has 0 unspecified atom stereocenters. The van der Waals surface area contributed by atoms with Crippen molar-refractivity contribution in [1.29, 1.82) is 0 Å². The van der Waals surface area contributed by atoms with Crippen LogP contribution in [0, 0.1) is 0 Å². The Hall–Kier alpha value is -2.90. The second-order valence-corrected chi connectivity index (χ2v) is 8.63. The zero-order valence-corrected chi connectivity index (χ0v) is 18.6. The van der Waals surface area contributed by atoms with Crippen LogP contribution < -0.4 is 10.1 Å². The summed E-state index contributed by atoms with van der Waals surface area (Å²) >= 11 is 7.91. The molecular weight excluding hydrogens is 434 g/mol. The minimum Gasteiger partial charge on any atom is -0.495 e. The van der Waals surface area contributed by atoms with E-state index in [1.54, 1.807) is 18.4 Å². The lowest BCUT2D eigenvalue weighted by atomic mass is 10.1. The fourth-order valence-electron chi connectivity index (χ4n) is 3.47. The number of aromatic nitrogens is 2. The fourth-order valence-corrected chi connectivity index (χ4v) is 4.85. The molecule has 4 aromatic rings. The summed E-state index contributed by atoms with van der Waals surface area (Å²) in [6, 6.07) is 13.9. The average molecular weight is 456 g/mol.